The fourth-order valence-electron chi connectivity index (χ4n) is 5.81. The molecule has 45 heavy (non-hydrogen) atoms. The summed E-state index contributed by atoms with van der Waals surface area (Å²) < 4.78 is 12.2. The summed E-state index contributed by atoms with van der Waals surface area (Å²) in [5.41, 5.74) is 6.49. The lowest BCUT2D eigenvalue weighted by Crippen LogP contribution is -2.15. The number of carbonyl (C=O) groups excluding carboxylic acids is 1. The van der Waals surface area contributed by atoms with Gasteiger partial charge in [-0.25, -0.2) is 0 Å². The van der Waals surface area contributed by atoms with E-state index in [0.717, 1.165) is 57.1 Å². The predicted octanol–water partition coefficient (Wildman–Crippen LogP) is 10.6. The number of aliphatic hydroxyl groups is 1. The molecule has 6 aromatic carbocycles. The molecule has 0 saturated carbocycles. The summed E-state index contributed by atoms with van der Waals surface area (Å²) in [5, 5.41) is 10.9. The molecule has 6 aromatic rings. The van der Waals surface area contributed by atoms with Crippen molar-refractivity contribution in [1.82, 2.24) is 0 Å². The third-order valence-electron chi connectivity index (χ3n) is 7.96. The van der Waals surface area contributed by atoms with Crippen LogP contribution in [0.4, 0.5) is 34.1 Å². The van der Waals surface area contributed by atoms with Crippen LogP contribution >= 0.6 is 0 Å². The molecule has 216 valence electrons. The number of anilines is 6. The molecule has 2 aliphatic rings. The molecule has 0 saturated heterocycles. The number of ketones is 1. The molecule has 2 aliphatic heterocycles. The lowest BCUT2D eigenvalue weighted by molar-refractivity contribution is 0.104. The van der Waals surface area contributed by atoms with Gasteiger partial charge >= 0.3 is 0 Å². The first-order chi connectivity index (χ1) is 22.1. The number of ether oxygens (including phenoxy) is 2. The second-order valence-corrected chi connectivity index (χ2v) is 10.7. The largest absolute Gasteiger partial charge is 0.507 e. The zero-order valence-electron chi connectivity index (χ0n) is 24.0. The highest BCUT2D eigenvalue weighted by molar-refractivity contribution is 6.08. The van der Waals surface area contributed by atoms with Gasteiger partial charge in [-0.3, -0.25) is 4.79 Å². The molecule has 0 spiro atoms. The average molecular weight is 587 g/mol. The van der Waals surface area contributed by atoms with Crippen molar-refractivity contribution in [2.45, 2.75) is 0 Å². The summed E-state index contributed by atoms with van der Waals surface area (Å²) in [4.78, 5) is 17.4. The quantitative estimate of drug-likeness (QED) is 0.123. The van der Waals surface area contributed by atoms with Crippen LogP contribution in [0.3, 0.4) is 0 Å². The van der Waals surface area contributed by atoms with E-state index < -0.39 is 0 Å². The minimum absolute atomic E-state index is 0.102. The number of allylic oxidation sites excluding steroid dienone is 1. The monoisotopic (exact) mass is 586 g/mol. The summed E-state index contributed by atoms with van der Waals surface area (Å²) in [6.07, 6.45) is 1.27. The van der Waals surface area contributed by atoms with E-state index in [1.807, 2.05) is 133 Å². The number of nitrogens with zero attached hydrogens (tertiary/aromatic N) is 2. The van der Waals surface area contributed by atoms with E-state index in [-0.39, 0.29) is 11.5 Å². The third kappa shape index (κ3) is 4.65. The molecule has 0 bridgehead atoms. The van der Waals surface area contributed by atoms with E-state index in [2.05, 4.69) is 9.80 Å². The molecule has 0 unspecified atom stereocenters. The van der Waals surface area contributed by atoms with Gasteiger partial charge in [0.2, 0.25) is 0 Å². The Labute approximate surface area is 260 Å². The molecule has 0 aliphatic carbocycles. The maximum atomic E-state index is 13.2. The standard InChI is InChI=1S/C39H26N2O4/c42-34(26-17-21-28(22-18-26)40-30-9-1-5-13-36(30)44-37-14-6-2-10-31(37)40)25-35(43)27-19-23-29(24-20-27)41-32-11-3-7-15-38(32)45-39-16-8-4-12-33(39)41/h1-25,42H/b34-25-. The highest BCUT2D eigenvalue weighted by Crippen LogP contribution is 2.51. The molecular formula is C39H26N2O4. The normalized spacial score (nSPS) is 13.0. The van der Waals surface area contributed by atoms with E-state index in [1.165, 1.54) is 6.08 Å². The van der Waals surface area contributed by atoms with Gasteiger partial charge in [0.1, 0.15) is 5.76 Å². The van der Waals surface area contributed by atoms with Crippen molar-refractivity contribution >= 4 is 45.7 Å². The Bertz CT molecular complexity index is 2010. The van der Waals surface area contributed by atoms with Gasteiger partial charge in [-0.1, -0.05) is 48.5 Å². The topological polar surface area (TPSA) is 62.2 Å². The number of hydrogen-bond acceptors (Lipinski definition) is 6. The molecule has 6 heteroatoms. The van der Waals surface area contributed by atoms with Crippen LogP contribution in [0.15, 0.2) is 152 Å². The molecule has 6 nitrogen and oxygen atoms in total. The molecule has 0 fully saturated rings. The Morgan fingerprint density at radius 2 is 0.800 bits per heavy atom. The zero-order chi connectivity index (χ0) is 30.3. The second kappa shape index (κ2) is 10.8. The van der Waals surface area contributed by atoms with Gasteiger partial charge in [-0.05, 0) is 97.1 Å². The lowest BCUT2D eigenvalue weighted by atomic mass is 10.1. The highest BCUT2D eigenvalue weighted by atomic mass is 16.5. The predicted molar refractivity (Wildman–Crippen MR) is 177 cm³/mol. The van der Waals surface area contributed by atoms with Gasteiger partial charge in [0.15, 0.2) is 28.8 Å². The Morgan fingerprint density at radius 3 is 1.18 bits per heavy atom. The smallest absolute Gasteiger partial charge is 0.189 e. The highest BCUT2D eigenvalue weighted by Gasteiger charge is 2.26. The van der Waals surface area contributed by atoms with E-state index in [1.54, 1.807) is 12.1 Å². The molecule has 2 heterocycles. The zero-order valence-corrected chi connectivity index (χ0v) is 24.0. The number of carbonyl (C=O) groups is 1. The van der Waals surface area contributed by atoms with Crippen LogP contribution in [0.2, 0.25) is 0 Å². The fourth-order valence-corrected chi connectivity index (χ4v) is 5.81. The Balaban J connectivity index is 1.05. The third-order valence-corrected chi connectivity index (χ3v) is 7.96. The Morgan fingerprint density at radius 1 is 0.467 bits per heavy atom. The summed E-state index contributed by atoms with van der Waals surface area (Å²) in [6, 6.07) is 46.3. The Kier molecular flexibility index (Phi) is 6.31. The number of hydrogen-bond donors (Lipinski definition) is 1. The van der Waals surface area contributed by atoms with Crippen molar-refractivity contribution < 1.29 is 19.4 Å². The number of benzene rings is 6. The number of fused-ring (bicyclic) bond motifs is 4. The van der Waals surface area contributed by atoms with Crippen molar-refractivity contribution in [1.29, 1.82) is 0 Å². The van der Waals surface area contributed by atoms with Crippen molar-refractivity contribution in [2.75, 3.05) is 9.80 Å². The molecular weight excluding hydrogens is 560 g/mol. The Hall–Kier alpha value is -6.27. The number of para-hydroxylation sites is 8. The van der Waals surface area contributed by atoms with E-state index >= 15 is 0 Å². The minimum Gasteiger partial charge on any atom is -0.507 e. The van der Waals surface area contributed by atoms with Crippen LogP contribution in [0.5, 0.6) is 23.0 Å². The van der Waals surface area contributed by atoms with Gasteiger partial charge < -0.3 is 24.4 Å². The van der Waals surface area contributed by atoms with Gasteiger partial charge in [-0.2, -0.15) is 0 Å². The molecule has 0 atom stereocenters. The van der Waals surface area contributed by atoms with E-state index in [4.69, 9.17) is 9.47 Å². The van der Waals surface area contributed by atoms with Gasteiger partial charge in [0.25, 0.3) is 0 Å². The minimum atomic E-state index is -0.290. The maximum absolute atomic E-state index is 13.2. The van der Waals surface area contributed by atoms with Gasteiger partial charge in [0, 0.05) is 28.6 Å². The molecule has 0 radical (unpaired) electrons. The first-order valence-corrected chi connectivity index (χ1v) is 14.6. The van der Waals surface area contributed by atoms with Crippen LogP contribution in [-0.2, 0) is 0 Å². The summed E-state index contributed by atoms with van der Waals surface area (Å²) in [6.45, 7) is 0. The number of aliphatic hydroxyl groups excluding tert-OH is 1. The molecule has 1 N–H and O–H groups in total. The summed E-state index contributed by atoms with van der Waals surface area (Å²) in [7, 11) is 0. The second-order valence-electron chi connectivity index (χ2n) is 10.7. The fraction of sp³-hybridized carbons (Fsp3) is 0. The summed E-state index contributed by atoms with van der Waals surface area (Å²) >= 11 is 0. The maximum Gasteiger partial charge on any atom is 0.189 e. The van der Waals surface area contributed by atoms with Gasteiger partial charge in [0.05, 0.1) is 22.7 Å². The SMILES string of the molecule is O=C(/C=C(\O)c1ccc(N2c3ccccc3Oc3ccccc32)cc1)c1ccc(N2c3ccccc3Oc3ccccc32)cc1. The van der Waals surface area contributed by atoms with Crippen molar-refractivity contribution in [3.8, 4) is 23.0 Å². The van der Waals surface area contributed by atoms with Crippen molar-refractivity contribution in [3.63, 3.8) is 0 Å². The number of rotatable bonds is 5. The molecule has 0 amide bonds. The van der Waals surface area contributed by atoms with E-state index in [0.29, 0.717) is 11.1 Å². The average Bonchev–Trinajstić information content (AvgIpc) is 3.09. The first-order valence-electron chi connectivity index (χ1n) is 14.6. The van der Waals surface area contributed by atoms with Crippen LogP contribution in [0.1, 0.15) is 15.9 Å². The van der Waals surface area contributed by atoms with Crippen LogP contribution in [0.25, 0.3) is 5.76 Å². The molecule has 8 rings (SSSR count). The lowest BCUT2D eigenvalue weighted by Gasteiger charge is -2.32. The summed E-state index contributed by atoms with van der Waals surface area (Å²) in [5.74, 6) is 2.66. The van der Waals surface area contributed by atoms with Crippen LogP contribution in [-0.4, -0.2) is 10.9 Å². The van der Waals surface area contributed by atoms with Crippen LogP contribution in [0, 0.1) is 0 Å². The van der Waals surface area contributed by atoms with Crippen LogP contribution < -0.4 is 19.3 Å². The van der Waals surface area contributed by atoms with Crippen molar-refractivity contribution in [3.05, 3.63) is 163 Å². The van der Waals surface area contributed by atoms with Gasteiger partial charge in [-0.15, -0.1) is 0 Å². The molecule has 0 aromatic heterocycles. The first kappa shape index (κ1) is 26.4. The van der Waals surface area contributed by atoms with Crippen molar-refractivity contribution in [2.24, 2.45) is 0 Å². The van der Waals surface area contributed by atoms with E-state index in [9.17, 15) is 9.90 Å².